The van der Waals surface area contributed by atoms with Crippen molar-refractivity contribution in [2.45, 2.75) is 82.0 Å². The maximum absolute atomic E-state index is 13.0. The first kappa shape index (κ1) is 34.5. The number of nitrogens with zero attached hydrogens (tertiary/aromatic N) is 1. The molecule has 0 aliphatic heterocycles. The average molecular weight is 545 g/mol. The largest absolute Gasteiger partial charge is 0.480 e. The van der Waals surface area contributed by atoms with Crippen molar-refractivity contribution >= 4 is 35.6 Å². The number of primary amides is 1. The van der Waals surface area contributed by atoms with E-state index in [4.69, 9.17) is 34.4 Å². The summed E-state index contributed by atoms with van der Waals surface area (Å²) in [6.07, 6.45) is 2.57. The monoisotopic (exact) mass is 544 g/mol. The smallest absolute Gasteiger partial charge is 0.326 e. The highest BCUT2D eigenvalue weighted by molar-refractivity contribution is 5.96. The predicted molar refractivity (Wildman–Crippen MR) is 141 cm³/mol. The zero-order valence-corrected chi connectivity index (χ0v) is 21.7. The summed E-state index contributed by atoms with van der Waals surface area (Å²) in [7, 11) is 0. The van der Waals surface area contributed by atoms with Crippen LogP contribution in [0.15, 0.2) is 4.99 Å². The van der Waals surface area contributed by atoms with E-state index < -0.39 is 60.2 Å². The van der Waals surface area contributed by atoms with Crippen LogP contribution in [0.4, 0.5) is 0 Å². The van der Waals surface area contributed by atoms with Gasteiger partial charge in [0.15, 0.2) is 5.96 Å². The molecule has 0 aromatic heterocycles. The number of aliphatic imine (C=N–C) groups is 1. The second kappa shape index (κ2) is 19.6. The van der Waals surface area contributed by atoms with E-state index in [9.17, 15) is 29.1 Å². The lowest BCUT2D eigenvalue weighted by atomic mass is 10.0. The molecular formula is C22H44N10O6. The summed E-state index contributed by atoms with van der Waals surface area (Å²) >= 11 is 0. The molecule has 0 rings (SSSR count). The number of nitrogens with one attached hydrogen (secondary N) is 3. The molecule has 0 spiro atoms. The highest BCUT2D eigenvalue weighted by atomic mass is 16.4. The van der Waals surface area contributed by atoms with Gasteiger partial charge in [-0.15, -0.1) is 0 Å². The molecule has 16 nitrogen and oxygen atoms in total. The van der Waals surface area contributed by atoms with Crippen molar-refractivity contribution in [3.8, 4) is 0 Å². The normalized spacial score (nSPS) is 13.9. The van der Waals surface area contributed by atoms with Crippen molar-refractivity contribution < 1.29 is 29.1 Å². The van der Waals surface area contributed by atoms with Crippen molar-refractivity contribution in [1.29, 1.82) is 0 Å². The third kappa shape index (κ3) is 15.6. The van der Waals surface area contributed by atoms with Crippen LogP contribution in [-0.4, -0.2) is 84.5 Å². The van der Waals surface area contributed by atoms with Gasteiger partial charge in [-0.25, -0.2) is 4.79 Å². The van der Waals surface area contributed by atoms with Crippen LogP contribution >= 0.6 is 0 Å². The van der Waals surface area contributed by atoms with Gasteiger partial charge in [0.05, 0.1) is 12.5 Å². The highest BCUT2D eigenvalue weighted by Crippen LogP contribution is 2.06. The van der Waals surface area contributed by atoms with Crippen LogP contribution in [0.5, 0.6) is 0 Å². The molecule has 0 radical (unpaired) electrons. The van der Waals surface area contributed by atoms with Gasteiger partial charge in [-0.05, 0) is 58.0 Å². The Bertz CT molecular complexity index is 805. The van der Waals surface area contributed by atoms with Crippen LogP contribution in [0.3, 0.4) is 0 Å². The minimum absolute atomic E-state index is 0.0189. The van der Waals surface area contributed by atoms with Gasteiger partial charge in [-0.1, -0.05) is 6.42 Å². The molecule has 0 bridgehead atoms. The first-order valence-electron chi connectivity index (χ1n) is 12.6. The Morgan fingerprint density at radius 3 is 1.71 bits per heavy atom. The average Bonchev–Trinajstić information content (AvgIpc) is 2.84. The molecule has 0 aliphatic carbocycles. The molecule has 0 saturated heterocycles. The molecule has 0 aromatic carbocycles. The predicted octanol–water partition coefficient (Wildman–Crippen LogP) is -3.96. The number of carboxylic acids is 1. The number of nitrogens with two attached hydrogens (primary N) is 6. The summed E-state index contributed by atoms with van der Waals surface area (Å²) in [4.78, 5) is 65.4. The maximum atomic E-state index is 13.0. The highest BCUT2D eigenvalue weighted by Gasteiger charge is 2.31. The standard InChI is InChI=1S/C22H44N10O6/c23-9-3-1-6-13(25)18(34)30-14(7-2-4-10-24)19(35)32-16(12-17(26)33)20(36)31-15(21(37)38)8-5-11-29-22(27)28/h13-16H,1-12,23-25H2,(H2,26,33)(H,30,34)(H,31,36)(H,32,35)(H,37,38)(H4,27,28,29). The van der Waals surface area contributed by atoms with E-state index in [0.29, 0.717) is 45.2 Å². The SMILES string of the molecule is NCCCCC(N)C(=O)NC(CCCCN)C(=O)NC(CC(N)=O)C(=O)NC(CCCN=C(N)N)C(=O)O. The van der Waals surface area contributed by atoms with Crippen LogP contribution in [0.2, 0.25) is 0 Å². The van der Waals surface area contributed by atoms with E-state index in [2.05, 4.69) is 20.9 Å². The third-order valence-corrected chi connectivity index (χ3v) is 5.48. The lowest BCUT2D eigenvalue weighted by Gasteiger charge is -2.25. The molecule has 16 heteroatoms. The van der Waals surface area contributed by atoms with Gasteiger partial charge in [-0.3, -0.25) is 24.2 Å². The number of guanidine groups is 1. The Morgan fingerprint density at radius 1 is 0.684 bits per heavy atom. The molecule has 38 heavy (non-hydrogen) atoms. The van der Waals surface area contributed by atoms with Crippen LogP contribution in [0.1, 0.15) is 57.8 Å². The molecular weight excluding hydrogens is 500 g/mol. The zero-order chi connectivity index (χ0) is 29.1. The molecule has 0 fully saturated rings. The zero-order valence-electron chi connectivity index (χ0n) is 21.7. The summed E-state index contributed by atoms with van der Waals surface area (Å²) in [5.41, 5.74) is 32.6. The number of aliphatic carboxylic acids is 1. The first-order valence-corrected chi connectivity index (χ1v) is 12.6. The van der Waals surface area contributed by atoms with E-state index >= 15 is 0 Å². The van der Waals surface area contributed by atoms with Gasteiger partial charge in [0.25, 0.3) is 0 Å². The summed E-state index contributed by atoms with van der Waals surface area (Å²) < 4.78 is 0. The van der Waals surface area contributed by atoms with Gasteiger partial charge < -0.3 is 55.5 Å². The van der Waals surface area contributed by atoms with Crippen molar-refractivity contribution in [1.82, 2.24) is 16.0 Å². The van der Waals surface area contributed by atoms with E-state index in [1.165, 1.54) is 0 Å². The molecule has 0 heterocycles. The maximum Gasteiger partial charge on any atom is 0.326 e. The molecule has 16 N–H and O–H groups in total. The number of amides is 4. The molecule has 4 atom stereocenters. The number of rotatable bonds is 21. The summed E-state index contributed by atoms with van der Waals surface area (Å²) in [6.45, 7) is 0.968. The fourth-order valence-corrected chi connectivity index (χ4v) is 3.40. The Morgan fingerprint density at radius 2 is 1.18 bits per heavy atom. The van der Waals surface area contributed by atoms with Crippen molar-refractivity contribution in [3.63, 3.8) is 0 Å². The van der Waals surface area contributed by atoms with Crippen LogP contribution in [-0.2, 0) is 24.0 Å². The van der Waals surface area contributed by atoms with Crippen LogP contribution in [0, 0.1) is 0 Å². The molecule has 0 saturated carbocycles. The number of carbonyl (C=O) groups is 5. The van der Waals surface area contributed by atoms with E-state index in [1.54, 1.807) is 0 Å². The van der Waals surface area contributed by atoms with Gasteiger partial charge in [0.1, 0.15) is 18.1 Å². The number of unbranched alkanes of at least 4 members (excludes halogenated alkanes) is 2. The Kier molecular flexibility index (Phi) is 17.8. The van der Waals surface area contributed by atoms with E-state index in [0.717, 1.165) is 0 Å². The van der Waals surface area contributed by atoms with E-state index in [1.807, 2.05) is 0 Å². The number of hydrogen-bond donors (Lipinski definition) is 10. The van der Waals surface area contributed by atoms with Crippen LogP contribution < -0.4 is 50.4 Å². The first-order chi connectivity index (χ1) is 17.9. The Balaban J connectivity index is 5.45. The number of carbonyl (C=O) groups excluding carboxylic acids is 4. The third-order valence-electron chi connectivity index (χ3n) is 5.48. The summed E-state index contributed by atoms with van der Waals surface area (Å²) in [5, 5.41) is 16.7. The molecule has 0 aliphatic rings. The minimum Gasteiger partial charge on any atom is -0.480 e. The fourth-order valence-electron chi connectivity index (χ4n) is 3.40. The summed E-state index contributed by atoms with van der Waals surface area (Å²) in [6, 6.07) is -4.76. The van der Waals surface area contributed by atoms with Gasteiger partial charge >= 0.3 is 5.97 Å². The van der Waals surface area contributed by atoms with Crippen molar-refractivity contribution in [2.75, 3.05) is 19.6 Å². The lowest BCUT2D eigenvalue weighted by molar-refractivity contribution is -0.142. The molecule has 4 unspecified atom stereocenters. The second-order valence-corrected chi connectivity index (χ2v) is 8.82. The molecule has 218 valence electrons. The lowest BCUT2D eigenvalue weighted by Crippen LogP contribution is -2.57. The van der Waals surface area contributed by atoms with Gasteiger partial charge in [-0.2, -0.15) is 0 Å². The topological polar surface area (TPSA) is 310 Å². The van der Waals surface area contributed by atoms with Gasteiger partial charge in [0.2, 0.25) is 23.6 Å². The molecule has 0 aromatic rings. The van der Waals surface area contributed by atoms with Crippen LogP contribution in [0.25, 0.3) is 0 Å². The fraction of sp³-hybridized carbons (Fsp3) is 0.727. The Labute approximate surface area is 222 Å². The Hall–Kier alpha value is -3.50. The summed E-state index contributed by atoms with van der Waals surface area (Å²) in [5.74, 6) is -4.65. The molecule has 4 amide bonds. The van der Waals surface area contributed by atoms with E-state index in [-0.39, 0.29) is 31.8 Å². The minimum atomic E-state index is -1.48. The number of carboxylic acid groups (broad SMARTS) is 1. The van der Waals surface area contributed by atoms with Crippen molar-refractivity contribution in [2.24, 2.45) is 39.4 Å². The van der Waals surface area contributed by atoms with Gasteiger partial charge in [0, 0.05) is 6.54 Å². The second-order valence-electron chi connectivity index (χ2n) is 8.82. The number of hydrogen-bond acceptors (Lipinski definition) is 9. The van der Waals surface area contributed by atoms with Crippen molar-refractivity contribution in [3.05, 3.63) is 0 Å². The quantitative estimate of drug-likeness (QED) is 0.0377.